The van der Waals surface area contributed by atoms with Crippen LogP contribution in [0.15, 0.2) is 72.8 Å². The summed E-state index contributed by atoms with van der Waals surface area (Å²) in [7, 11) is -2.12. The number of aryl methyl sites for hydroxylation is 1. The summed E-state index contributed by atoms with van der Waals surface area (Å²) in [5.41, 5.74) is 5.64. The Morgan fingerprint density at radius 2 is 1.79 bits per heavy atom. The van der Waals surface area contributed by atoms with Gasteiger partial charge in [-0.15, -0.1) is 0 Å². The zero-order valence-electron chi connectivity index (χ0n) is 30.7. The van der Waals surface area contributed by atoms with Crippen molar-refractivity contribution in [2.45, 2.75) is 82.8 Å². The summed E-state index contributed by atoms with van der Waals surface area (Å²) in [5.74, 6) is 0.429. The highest BCUT2D eigenvalue weighted by Crippen LogP contribution is 2.47. The molecule has 0 radical (unpaired) electrons. The van der Waals surface area contributed by atoms with E-state index < -0.39 is 26.8 Å². The topological polar surface area (TPSA) is 88.2 Å². The van der Waals surface area contributed by atoms with Gasteiger partial charge in [0.2, 0.25) is 10.0 Å². The first-order chi connectivity index (χ1) is 25.0. The molecule has 1 fully saturated rings. The minimum atomic E-state index is -3.96. The summed E-state index contributed by atoms with van der Waals surface area (Å²) in [6.45, 7) is 8.14. The number of allylic oxidation sites excluding steroid dienone is 1. The van der Waals surface area contributed by atoms with E-state index in [1.54, 1.807) is 13.0 Å². The number of hydrogen-bond acceptors (Lipinski definition) is 7. The van der Waals surface area contributed by atoms with Crippen molar-refractivity contribution < 1.29 is 22.7 Å². The summed E-state index contributed by atoms with van der Waals surface area (Å²) in [6, 6.07) is 20.0. The van der Waals surface area contributed by atoms with Crippen molar-refractivity contribution in [3.05, 3.63) is 106 Å². The number of sulfonamides is 1. The number of fused-ring (bicyclic) bond motifs is 4. The fraction of sp³-hybridized carbons (Fsp3) is 0.500. The minimum Gasteiger partial charge on any atom is -0.487 e. The molecule has 8 nitrogen and oxygen atoms in total. The van der Waals surface area contributed by atoms with Crippen LogP contribution in [0.5, 0.6) is 5.75 Å². The molecule has 3 aromatic rings. The largest absolute Gasteiger partial charge is 0.487 e. The number of rotatable bonds is 3. The Labute approximate surface area is 314 Å². The first kappa shape index (κ1) is 37.0. The third kappa shape index (κ3) is 7.79. The number of nitrogens with one attached hydrogen (secondary N) is 1. The predicted octanol–water partition coefficient (Wildman–Crippen LogP) is 7.58. The lowest BCUT2D eigenvalue weighted by Gasteiger charge is -2.51. The third-order valence-corrected chi connectivity index (χ3v) is 14.4. The number of carbonyl (C=O) groups is 1. The van der Waals surface area contributed by atoms with Crippen LogP contribution in [0.25, 0.3) is 0 Å². The SMILES string of the molecule is CO[C@@]1(CN2CCc3ccccc3C2)/C=C/C[C@H](C)[C@@H](C)S(=O)(=O)NC(=O)c2ccc3c(c2)N(CCCCc2cc(Cl)ccc2CO3)C[C@@H]2CC[C@H]21. The summed E-state index contributed by atoms with van der Waals surface area (Å²) in [5, 5.41) is -0.0656. The van der Waals surface area contributed by atoms with Gasteiger partial charge in [-0.1, -0.05) is 61.0 Å². The van der Waals surface area contributed by atoms with Crippen molar-refractivity contribution in [3.63, 3.8) is 0 Å². The number of hydrogen-bond donors (Lipinski definition) is 1. The monoisotopic (exact) mass is 745 g/mol. The zero-order valence-corrected chi connectivity index (χ0v) is 32.2. The van der Waals surface area contributed by atoms with E-state index >= 15 is 0 Å². The second kappa shape index (κ2) is 15.5. The molecule has 3 aliphatic heterocycles. The molecule has 2 bridgehead atoms. The standard InChI is InChI=1S/C42H52ClN3O5S/c1-29-9-8-20-42(50-3,28-45-22-19-31-10-4-5-12-34(31)25-45)38-17-14-35(38)26-46-21-7-6-11-32-23-37(43)16-13-36(32)27-51-40-18-15-33(24-39(40)46)41(47)44-52(48,49)30(29)2/h4-5,8,10,12-13,15-16,18,20,23-24,29-30,35,38H,6-7,9,11,14,17,19,21-22,25-28H2,1-3H3,(H,44,47)/b20-8+/t29-,30+,35-,38+,42+/m0/s1. The maximum absolute atomic E-state index is 13.6. The van der Waals surface area contributed by atoms with Gasteiger partial charge >= 0.3 is 0 Å². The summed E-state index contributed by atoms with van der Waals surface area (Å²) in [6.07, 6.45) is 10.9. The van der Waals surface area contributed by atoms with Gasteiger partial charge in [0.1, 0.15) is 18.0 Å². The Morgan fingerprint density at radius 3 is 2.58 bits per heavy atom. The van der Waals surface area contributed by atoms with E-state index in [-0.39, 0.29) is 11.8 Å². The molecule has 1 amide bonds. The highest BCUT2D eigenvalue weighted by Gasteiger charge is 2.48. The van der Waals surface area contributed by atoms with E-state index in [2.05, 4.69) is 50.9 Å². The molecule has 278 valence electrons. The zero-order chi connectivity index (χ0) is 36.5. The number of halogens is 1. The Bertz CT molecular complexity index is 1920. The van der Waals surface area contributed by atoms with Crippen LogP contribution in [-0.2, 0) is 40.8 Å². The number of nitrogens with zero attached hydrogens (tertiary/aromatic N) is 2. The molecule has 7 rings (SSSR count). The van der Waals surface area contributed by atoms with Gasteiger partial charge in [-0.05, 0) is 122 Å². The highest BCUT2D eigenvalue weighted by molar-refractivity contribution is 7.90. The molecule has 5 atom stereocenters. The Morgan fingerprint density at radius 1 is 0.962 bits per heavy atom. The maximum Gasteiger partial charge on any atom is 0.264 e. The number of methoxy groups -OCH3 is 1. The lowest BCUT2D eigenvalue weighted by molar-refractivity contribution is -0.0931. The highest BCUT2D eigenvalue weighted by atomic mass is 35.5. The molecular formula is C42H52ClN3O5S. The van der Waals surface area contributed by atoms with Crippen LogP contribution in [0.3, 0.4) is 0 Å². The van der Waals surface area contributed by atoms with Crippen LogP contribution in [0, 0.1) is 17.8 Å². The van der Waals surface area contributed by atoms with E-state index in [4.69, 9.17) is 21.1 Å². The molecule has 10 heteroatoms. The van der Waals surface area contributed by atoms with Crippen molar-refractivity contribution in [2.24, 2.45) is 17.8 Å². The number of ether oxygens (including phenoxy) is 2. The van der Waals surface area contributed by atoms with Crippen molar-refractivity contribution >= 4 is 33.2 Å². The molecule has 3 heterocycles. The average molecular weight is 746 g/mol. The lowest BCUT2D eigenvalue weighted by atomic mass is 9.63. The van der Waals surface area contributed by atoms with Gasteiger partial charge < -0.3 is 14.4 Å². The minimum absolute atomic E-state index is 0.225. The van der Waals surface area contributed by atoms with Crippen molar-refractivity contribution in [2.75, 3.05) is 38.2 Å². The van der Waals surface area contributed by atoms with Gasteiger partial charge in [-0.25, -0.2) is 13.1 Å². The van der Waals surface area contributed by atoms with E-state index in [1.165, 1.54) is 16.7 Å². The van der Waals surface area contributed by atoms with E-state index in [0.29, 0.717) is 30.3 Å². The number of carbonyl (C=O) groups excluding carboxylic acids is 1. The Balaban J connectivity index is 1.26. The van der Waals surface area contributed by atoms with E-state index in [1.807, 2.05) is 44.4 Å². The molecule has 1 N–H and O–H groups in total. The normalized spacial score (nSPS) is 28.8. The molecule has 0 aromatic heterocycles. The van der Waals surface area contributed by atoms with Gasteiger partial charge in [0.05, 0.1) is 10.9 Å². The van der Waals surface area contributed by atoms with Crippen LogP contribution in [0.1, 0.15) is 78.6 Å². The summed E-state index contributed by atoms with van der Waals surface area (Å²) < 4.78 is 42.8. The number of amides is 1. The van der Waals surface area contributed by atoms with Gasteiger partial charge in [-0.2, -0.15) is 0 Å². The molecule has 1 saturated carbocycles. The van der Waals surface area contributed by atoms with Gasteiger partial charge in [0.15, 0.2) is 0 Å². The summed E-state index contributed by atoms with van der Waals surface area (Å²) in [4.78, 5) is 18.5. The van der Waals surface area contributed by atoms with Crippen LogP contribution in [0.2, 0.25) is 5.02 Å². The molecule has 0 unspecified atom stereocenters. The van der Waals surface area contributed by atoms with Crippen LogP contribution >= 0.6 is 11.6 Å². The second-order valence-corrected chi connectivity index (χ2v) is 17.9. The smallest absolute Gasteiger partial charge is 0.264 e. The fourth-order valence-corrected chi connectivity index (χ4v) is 10.1. The first-order valence-electron chi connectivity index (χ1n) is 18.9. The van der Waals surface area contributed by atoms with Crippen LogP contribution < -0.4 is 14.4 Å². The molecular weight excluding hydrogens is 694 g/mol. The molecule has 52 heavy (non-hydrogen) atoms. The van der Waals surface area contributed by atoms with E-state index in [0.717, 1.165) is 87.5 Å². The second-order valence-electron chi connectivity index (χ2n) is 15.4. The Hall–Kier alpha value is -3.37. The lowest BCUT2D eigenvalue weighted by Crippen LogP contribution is -2.56. The average Bonchev–Trinajstić information content (AvgIpc) is 3.15. The fourth-order valence-electron chi connectivity index (χ4n) is 8.67. The Kier molecular flexibility index (Phi) is 11.0. The van der Waals surface area contributed by atoms with Crippen molar-refractivity contribution in [3.8, 4) is 5.75 Å². The van der Waals surface area contributed by atoms with Crippen LogP contribution in [0.4, 0.5) is 5.69 Å². The maximum atomic E-state index is 13.6. The molecule has 0 spiro atoms. The number of benzene rings is 3. The third-order valence-electron chi connectivity index (χ3n) is 12.2. The van der Waals surface area contributed by atoms with E-state index in [9.17, 15) is 13.2 Å². The predicted molar refractivity (Wildman–Crippen MR) is 208 cm³/mol. The van der Waals surface area contributed by atoms with Gasteiger partial charge in [0, 0.05) is 50.4 Å². The quantitative estimate of drug-likeness (QED) is 0.277. The summed E-state index contributed by atoms with van der Waals surface area (Å²) >= 11 is 6.40. The molecule has 1 aliphatic carbocycles. The molecule has 4 aliphatic rings. The van der Waals surface area contributed by atoms with Crippen molar-refractivity contribution in [1.82, 2.24) is 9.62 Å². The molecule has 0 saturated heterocycles. The number of anilines is 1. The first-order valence-corrected chi connectivity index (χ1v) is 20.8. The van der Waals surface area contributed by atoms with Gasteiger partial charge in [-0.3, -0.25) is 9.69 Å². The molecule has 3 aromatic carbocycles. The van der Waals surface area contributed by atoms with Crippen molar-refractivity contribution in [1.29, 1.82) is 0 Å². The van der Waals surface area contributed by atoms with Gasteiger partial charge in [0.25, 0.3) is 5.91 Å². The van der Waals surface area contributed by atoms with Crippen LogP contribution in [-0.4, -0.2) is 63.4 Å².